The second-order valence-electron chi connectivity index (χ2n) is 4.39. The van der Waals surface area contributed by atoms with Crippen molar-refractivity contribution >= 4 is 5.82 Å². The summed E-state index contributed by atoms with van der Waals surface area (Å²) >= 11 is 0. The summed E-state index contributed by atoms with van der Waals surface area (Å²) in [5, 5.41) is 3.51. The fourth-order valence-corrected chi connectivity index (χ4v) is 2.13. The second-order valence-corrected chi connectivity index (χ2v) is 4.39. The largest absolute Gasteiger partial charge is 0.353 e. The van der Waals surface area contributed by atoms with Crippen LogP contribution < -0.4 is 10.2 Å². The zero-order valence-corrected chi connectivity index (χ0v) is 9.57. The molecule has 4 heteroatoms. The van der Waals surface area contributed by atoms with Gasteiger partial charge in [-0.25, -0.2) is 9.97 Å². The number of nitrogens with one attached hydrogen (secondary N) is 1. The SMILES string of the molecule is Cc1cc(N2CC(C)NC(C)C2)ncn1. The van der Waals surface area contributed by atoms with Crippen LogP contribution in [-0.4, -0.2) is 35.1 Å². The zero-order valence-electron chi connectivity index (χ0n) is 9.57. The molecule has 0 aliphatic carbocycles. The Morgan fingerprint density at radius 2 is 1.93 bits per heavy atom. The van der Waals surface area contributed by atoms with Gasteiger partial charge in [-0.3, -0.25) is 0 Å². The minimum Gasteiger partial charge on any atom is -0.353 e. The highest BCUT2D eigenvalue weighted by atomic mass is 15.3. The normalized spacial score (nSPS) is 26.7. The molecule has 1 saturated heterocycles. The van der Waals surface area contributed by atoms with E-state index in [2.05, 4.69) is 34.0 Å². The van der Waals surface area contributed by atoms with Crippen molar-refractivity contribution in [3.63, 3.8) is 0 Å². The second kappa shape index (κ2) is 4.14. The molecule has 15 heavy (non-hydrogen) atoms. The van der Waals surface area contributed by atoms with E-state index < -0.39 is 0 Å². The summed E-state index contributed by atoms with van der Waals surface area (Å²) in [4.78, 5) is 10.8. The summed E-state index contributed by atoms with van der Waals surface area (Å²) in [6, 6.07) is 3.08. The first-order valence-electron chi connectivity index (χ1n) is 5.45. The Bertz CT molecular complexity index is 329. The van der Waals surface area contributed by atoms with Crippen LogP contribution in [0.3, 0.4) is 0 Å². The number of nitrogens with zero attached hydrogens (tertiary/aromatic N) is 3. The van der Waals surface area contributed by atoms with Crippen LogP contribution in [0.4, 0.5) is 5.82 Å². The van der Waals surface area contributed by atoms with E-state index in [1.165, 1.54) is 0 Å². The van der Waals surface area contributed by atoms with E-state index in [4.69, 9.17) is 0 Å². The van der Waals surface area contributed by atoms with E-state index in [1.807, 2.05) is 13.0 Å². The molecule has 2 heterocycles. The number of hydrogen-bond donors (Lipinski definition) is 1. The van der Waals surface area contributed by atoms with Crippen molar-refractivity contribution in [1.29, 1.82) is 0 Å². The van der Waals surface area contributed by atoms with Gasteiger partial charge in [-0.15, -0.1) is 0 Å². The van der Waals surface area contributed by atoms with Gasteiger partial charge in [0.1, 0.15) is 12.1 Å². The van der Waals surface area contributed by atoms with Crippen LogP contribution in [0.5, 0.6) is 0 Å². The van der Waals surface area contributed by atoms with Gasteiger partial charge in [0, 0.05) is 36.9 Å². The lowest BCUT2D eigenvalue weighted by Gasteiger charge is -2.36. The first-order chi connectivity index (χ1) is 7.15. The van der Waals surface area contributed by atoms with Gasteiger partial charge in [-0.05, 0) is 20.8 Å². The quantitative estimate of drug-likeness (QED) is 0.743. The van der Waals surface area contributed by atoms with Crippen LogP contribution in [0, 0.1) is 6.92 Å². The van der Waals surface area contributed by atoms with Crippen LogP contribution in [0.1, 0.15) is 19.5 Å². The zero-order chi connectivity index (χ0) is 10.8. The Morgan fingerprint density at radius 1 is 1.27 bits per heavy atom. The molecule has 1 aliphatic rings. The van der Waals surface area contributed by atoms with Gasteiger partial charge in [0.05, 0.1) is 0 Å². The molecule has 1 N–H and O–H groups in total. The van der Waals surface area contributed by atoms with Crippen LogP contribution in [-0.2, 0) is 0 Å². The van der Waals surface area contributed by atoms with Crippen molar-refractivity contribution in [2.45, 2.75) is 32.9 Å². The third kappa shape index (κ3) is 2.45. The average molecular weight is 206 g/mol. The first-order valence-corrected chi connectivity index (χ1v) is 5.45. The number of rotatable bonds is 1. The summed E-state index contributed by atoms with van der Waals surface area (Å²) in [5.74, 6) is 1.04. The van der Waals surface area contributed by atoms with Crippen LogP contribution in [0.2, 0.25) is 0 Å². The average Bonchev–Trinajstić information content (AvgIpc) is 2.16. The van der Waals surface area contributed by atoms with E-state index in [1.54, 1.807) is 6.33 Å². The fraction of sp³-hybridized carbons (Fsp3) is 0.636. The molecule has 1 fully saturated rings. The summed E-state index contributed by atoms with van der Waals surface area (Å²) in [5.41, 5.74) is 1.03. The topological polar surface area (TPSA) is 41.0 Å². The molecule has 1 aliphatic heterocycles. The number of hydrogen-bond acceptors (Lipinski definition) is 4. The predicted octanol–water partition coefficient (Wildman–Crippen LogP) is 0.972. The van der Waals surface area contributed by atoms with Gasteiger partial charge < -0.3 is 10.2 Å². The standard InChI is InChI=1S/C11H18N4/c1-8-4-11(13-7-12-8)15-5-9(2)14-10(3)6-15/h4,7,9-10,14H,5-6H2,1-3H3. The minimum absolute atomic E-state index is 0.518. The Labute approximate surface area is 90.7 Å². The molecule has 0 bridgehead atoms. The lowest BCUT2D eigenvalue weighted by atomic mass is 10.1. The third-order valence-corrected chi connectivity index (χ3v) is 2.67. The summed E-state index contributed by atoms with van der Waals surface area (Å²) in [6.45, 7) is 8.44. The van der Waals surface area contributed by atoms with Crippen molar-refractivity contribution in [1.82, 2.24) is 15.3 Å². The third-order valence-electron chi connectivity index (χ3n) is 2.67. The van der Waals surface area contributed by atoms with Crippen molar-refractivity contribution in [3.8, 4) is 0 Å². The Hall–Kier alpha value is -1.16. The van der Waals surface area contributed by atoms with Crippen LogP contribution >= 0.6 is 0 Å². The van der Waals surface area contributed by atoms with Gasteiger partial charge in [0.2, 0.25) is 0 Å². The highest BCUT2D eigenvalue weighted by molar-refractivity contribution is 5.39. The Morgan fingerprint density at radius 3 is 2.53 bits per heavy atom. The predicted molar refractivity (Wildman–Crippen MR) is 61.0 cm³/mol. The van der Waals surface area contributed by atoms with Crippen molar-refractivity contribution < 1.29 is 0 Å². The number of piperazine rings is 1. The highest BCUT2D eigenvalue weighted by Crippen LogP contribution is 2.14. The Balaban J connectivity index is 2.16. The maximum Gasteiger partial charge on any atom is 0.132 e. The highest BCUT2D eigenvalue weighted by Gasteiger charge is 2.21. The molecule has 2 unspecified atom stereocenters. The maximum atomic E-state index is 4.32. The molecule has 82 valence electrons. The molecular formula is C11H18N4. The summed E-state index contributed by atoms with van der Waals surface area (Å²) in [7, 11) is 0. The minimum atomic E-state index is 0.518. The van der Waals surface area contributed by atoms with Crippen molar-refractivity contribution in [2.24, 2.45) is 0 Å². The van der Waals surface area contributed by atoms with Gasteiger partial charge in [-0.1, -0.05) is 0 Å². The molecule has 0 amide bonds. The molecule has 2 rings (SSSR count). The molecule has 0 spiro atoms. The molecular weight excluding hydrogens is 188 g/mol. The summed E-state index contributed by atoms with van der Waals surface area (Å²) in [6.07, 6.45) is 1.64. The smallest absolute Gasteiger partial charge is 0.132 e. The van der Waals surface area contributed by atoms with Crippen molar-refractivity contribution in [2.75, 3.05) is 18.0 Å². The van der Waals surface area contributed by atoms with Crippen LogP contribution in [0.25, 0.3) is 0 Å². The molecule has 2 atom stereocenters. The summed E-state index contributed by atoms with van der Waals surface area (Å²) < 4.78 is 0. The molecule has 0 aromatic carbocycles. The van der Waals surface area contributed by atoms with Gasteiger partial charge in [0.15, 0.2) is 0 Å². The molecule has 4 nitrogen and oxygen atoms in total. The maximum absolute atomic E-state index is 4.32. The fourth-order valence-electron chi connectivity index (χ4n) is 2.13. The van der Waals surface area contributed by atoms with Crippen molar-refractivity contribution in [3.05, 3.63) is 18.1 Å². The Kier molecular flexibility index (Phi) is 2.86. The van der Waals surface area contributed by atoms with Gasteiger partial charge in [-0.2, -0.15) is 0 Å². The molecule has 1 aromatic heterocycles. The number of aromatic nitrogens is 2. The first kappa shape index (κ1) is 10.4. The van der Waals surface area contributed by atoms with E-state index in [0.29, 0.717) is 12.1 Å². The van der Waals surface area contributed by atoms with E-state index in [9.17, 15) is 0 Å². The van der Waals surface area contributed by atoms with E-state index in [-0.39, 0.29) is 0 Å². The molecule has 0 saturated carbocycles. The van der Waals surface area contributed by atoms with Crippen LogP contribution in [0.15, 0.2) is 12.4 Å². The number of anilines is 1. The van der Waals surface area contributed by atoms with Gasteiger partial charge >= 0.3 is 0 Å². The van der Waals surface area contributed by atoms with E-state index >= 15 is 0 Å². The van der Waals surface area contributed by atoms with E-state index in [0.717, 1.165) is 24.6 Å². The lowest BCUT2D eigenvalue weighted by Crippen LogP contribution is -2.54. The lowest BCUT2D eigenvalue weighted by molar-refractivity contribution is 0.405. The molecule has 1 aromatic rings. The van der Waals surface area contributed by atoms with Gasteiger partial charge in [0.25, 0.3) is 0 Å². The number of aryl methyl sites for hydroxylation is 1. The molecule has 0 radical (unpaired) electrons. The monoisotopic (exact) mass is 206 g/mol.